The van der Waals surface area contributed by atoms with Gasteiger partial charge in [-0.2, -0.15) is 13.2 Å². The maximum Gasteiger partial charge on any atom is 0.416 e. The van der Waals surface area contributed by atoms with Gasteiger partial charge < -0.3 is 10.1 Å². The van der Waals surface area contributed by atoms with E-state index in [1.807, 2.05) is 6.07 Å². The van der Waals surface area contributed by atoms with Crippen molar-refractivity contribution in [3.8, 4) is 5.75 Å². The van der Waals surface area contributed by atoms with E-state index in [-0.39, 0.29) is 5.69 Å². The van der Waals surface area contributed by atoms with E-state index in [1.165, 1.54) is 12.1 Å². The van der Waals surface area contributed by atoms with Gasteiger partial charge in [-0.3, -0.25) is 4.79 Å². The average molecular weight is 323 g/mol. The second-order valence-electron chi connectivity index (χ2n) is 4.89. The molecule has 3 nitrogen and oxygen atoms in total. The Bertz CT molecular complexity index is 639. The van der Waals surface area contributed by atoms with Crippen molar-refractivity contribution in [1.29, 1.82) is 0 Å². The Morgan fingerprint density at radius 3 is 2.22 bits per heavy atom. The predicted molar refractivity (Wildman–Crippen MR) is 81.2 cm³/mol. The highest BCUT2D eigenvalue weighted by atomic mass is 19.4. The van der Waals surface area contributed by atoms with Crippen LogP contribution in [0.5, 0.6) is 5.75 Å². The fourth-order valence-electron chi connectivity index (χ4n) is 1.95. The molecule has 1 N–H and O–H groups in total. The van der Waals surface area contributed by atoms with E-state index in [0.29, 0.717) is 12.2 Å². The molecule has 0 aliphatic rings. The van der Waals surface area contributed by atoms with Crippen LogP contribution in [0, 0.1) is 0 Å². The molecule has 0 spiro atoms. The predicted octanol–water partition coefficient (Wildman–Crippen LogP) is 4.50. The highest BCUT2D eigenvalue weighted by Gasteiger charge is 2.30. The SMILES string of the molecule is CC[C@@H](Oc1ccccc1)C(=O)Nc1ccc(C(F)(F)F)cc1. The van der Waals surface area contributed by atoms with Crippen molar-refractivity contribution in [2.75, 3.05) is 5.32 Å². The molecule has 2 rings (SSSR count). The van der Waals surface area contributed by atoms with Gasteiger partial charge in [0.1, 0.15) is 5.75 Å². The highest BCUT2D eigenvalue weighted by molar-refractivity contribution is 5.94. The number of carbonyl (C=O) groups excluding carboxylic acids is 1. The van der Waals surface area contributed by atoms with E-state index in [1.54, 1.807) is 31.2 Å². The van der Waals surface area contributed by atoms with Gasteiger partial charge in [0.25, 0.3) is 5.91 Å². The van der Waals surface area contributed by atoms with Gasteiger partial charge in [-0.1, -0.05) is 25.1 Å². The molecule has 0 bridgehead atoms. The van der Waals surface area contributed by atoms with Crippen LogP contribution in [0.3, 0.4) is 0 Å². The number of para-hydroxylation sites is 1. The first kappa shape index (κ1) is 16.9. The van der Waals surface area contributed by atoms with Crippen molar-refractivity contribution in [2.45, 2.75) is 25.6 Å². The molecule has 122 valence electrons. The Kier molecular flexibility index (Phi) is 5.26. The Labute approximate surface area is 132 Å². The molecule has 0 aliphatic carbocycles. The minimum Gasteiger partial charge on any atom is -0.481 e. The summed E-state index contributed by atoms with van der Waals surface area (Å²) in [5, 5.41) is 2.56. The van der Waals surface area contributed by atoms with Crippen LogP contribution in [0.1, 0.15) is 18.9 Å². The number of carbonyl (C=O) groups is 1. The molecule has 0 aliphatic heterocycles. The van der Waals surface area contributed by atoms with Gasteiger partial charge >= 0.3 is 6.18 Å². The Morgan fingerprint density at radius 1 is 1.09 bits per heavy atom. The Morgan fingerprint density at radius 2 is 1.70 bits per heavy atom. The summed E-state index contributed by atoms with van der Waals surface area (Å²) in [6.07, 6.45) is -4.69. The van der Waals surface area contributed by atoms with E-state index >= 15 is 0 Å². The molecular formula is C17H16F3NO2. The number of hydrogen-bond donors (Lipinski definition) is 1. The van der Waals surface area contributed by atoms with E-state index in [4.69, 9.17) is 4.74 Å². The number of rotatable bonds is 5. The van der Waals surface area contributed by atoms with E-state index in [0.717, 1.165) is 12.1 Å². The van der Waals surface area contributed by atoms with Crippen LogP contribution in [0.15, 0.2) is 54.6 Å². The number of ether oxygens (including phenoxy) is 1. The number of benzene rings is 2. The summed E-state index contributed by atoms with van der Waals surface area (Å²) in [6, 6.07) is 13.2. The van der Waals surface area contributed by atoms with Gasteiger partial charge in [0.05, 0.1) is 5.56 Å². The summed E-state index contributed by atoms with van der Waals surface area (Å²) in [7, 11) is 0. The second kappa shape index (κ2) is 7.17. The molecule has 0 heterocycles. The van der Waals surface area contributed by atoms with Gasteiger partial charge in [0.2, 0.25) is 0 Å². The van der Waals surface area contributed by atoms with Gasteiger partial charge in [-0.05, 0) is 42.8 Å². The lowest BCUT2D eigenvalue weighted by Gasteiger charge is -2.17. The first-order chi connectivity index (χ1) is 10.9. The molecule has 0 aromatic heterocycles. The first-order valence-corrected chi connectivity index (χ1v) is 7.10. The lowest BCUT2D eigenvalue weighted by molar-refractivity contribution is -0.137. The maximum atomic E-state index is 12.5. The van der Waals surface area contributed by atoms with Crippen LogP contribution in [0.4, 0.5) is 18.9 Å². The maximum absolute atomic E-state index is 12.5. The fraction of sp³-hybridized carbons (Fsp3) is 0.235. The number of anilines is 1. The molecule has 0 saturated carbocycles. The molecule has 1 amide bonds. The van der Waals surface area contributed by atoms with E-state index in [2.05, 4.69) is 5.32 Å². The normalized spacial score (nSPS) is 12.5. The standard InChI is InChI=1S/C17H16F3NO2/c1-2-15(23-14-6-4-3-5-7-14)16(22)21-13-10-8-12(9-11-13)17(18,19)20/h3-11,15H,2H2,1H3,(H,21,22)/t15-/m1/s1. The summed E-state index contributed by atoms with van der Waals surface area (Å²) in [5.41, 5.74) is -0.471. The summed E-state index contributed by atoms with van der Waals surface area (Å²) in [5.74, 6) is 0.151. The summed E-state index contributed by atoms with van der Waals surface area (Å²) in [4.78, 5) is 12.2. The quantitative estimate of drug-likeness (QED) is 0.880. The zero-order valence-electron chi connectivity index (χ0n) is 12.4. The molecular weight excluding hydrogens is 307 g/mol. The topological polar surface area (TPSA) is 38.3 Å². The largest absolute Gasteiger partial charge is 0.481 e. The summed E-state index contributed by atoms with van der Waals surface area (Å²) >= 11 is 0. The highest BCUT2D eigenvalue weighted by Crippen LogP contribution is 2.29. The first-order valence-electron chi connectivity index (χ1n) is 7.10. The van der Waals surface area contributed by atoms with Gasteiger partial charge in [-0.15, -0.1) is 0 Å². The van der Waals surface area contributed by atoms with E-state index in [9.17, 15) is 18.0 Å². The van der Waals surface area contributed by atoms with Crippen LogP contribution >= 0.6 is 0 Å². The molecule has 0 radical (unpaired) electrons. The molecule has 0 unspecified atom stereocenters. The van der Waals surface area contributed by atoms with Gasteiger partial charge in [0.15, 0.2) is 6.10 Å². The van der Waals surface area contributed by atoms with Crippen LogP contribution < -0.4 is 10.1 Å². The molecule has 0 saturated heterocycles. The third-order valence-corrected chi connectivity index (χ3v) is 3.16. The van der Waals surface area contributed by atoms with Crippen molar-refractivity contribution in [1.82, 2.24) is 0 Å². The number of amides is 1. The number of halogens is 3. The number of hydrogen-bond acceptors (Lipinski definition) is 2. The monoisotopic (exact) mass is 323 g/mol. The molecule has 2 aromatic carbocycles. The lowest BCUT2D eigenvalue weighted by atomic mass is 10.2. The van der Waals surface area contributed by atoms with Crippen molar-refractivity contribution in [3.05, 3.63) is 60.2 Å². The smallest absolute Gasteiger partial charge is 0.416 e. The molecule has 2 aromatic rings. The average Bonchev–Trinajstić information content (AvgIpc) is 2.53. The van der Waals surface area contributed by atoms with Crippen LogP contribution in [0.25, 0.3) is 0 Å². The number of alkyl halides is 3. The summed E-state index contributed by atoms with van der Waals surface area (Å²) in [6.45, 7) is 1.79. The van der Waals surface area contributed by atoms with Crippen molar-refractivity contribution in [3.63, 3.8) is 0 Å². The van der Waals surface area contributed by atoms with Crippen molar-refractivity contribution >= 4 is 11.6 Å². The second-order valence-corrected chi connectivity index (χ2v) is 4.89. The lowest BCUT2D eigenvalue weighted by Crippen LogP contribution is -2.32. The Balaban J connectivity index is 2.02. The molecule has 23 heavy (non-hydrogen) atoms. The zero-order chi connectivity index (χ0) is 16.9. The van der Waals surface area contributed by atoms with Crippen LogP contribution in [0.2, 0.25) is 0 Å². The number of nitrogens with one attached hydrogen (secondary N) is 1. The van der Waals surface area contributed by atoms with Crippen molar-refractivity contribution in [2.24, 2.45) is 0 Å². The summed E-state index contributed by atoms with van der Waals surface area (Å²) < 4.78 is 43.1. The van der Waals surface area contributed by atoms with Gasteiger partial charge in [0, 0.05) is 5.69 Å². The Hall–Kier alpha value is -2.50. The third kappa shape index (κ3) is 4.74. The van der Waals surface area contributed by atoms with Crippen LogP contribution in [-0.4, -0.2) is 12.0 Å². The fourth-order valence-corrected chi connectivity index (χ4v) is 1.95. The minimum atomic E-state index is -4.40. The minimum absolute atomic E-state index is 0.290. The molecule has 0 fully saturated rings. The van der Waals surface area contributed by atoms with E-state index < -0.39 is 23.8 Å². The van der Waals surface area contributed by atoms with Crippen LogP contribution in [-0.2, 0) is 11.0 Å². The third-order valence-electron chi connectivity index (χ3n) is 3.16. The molecule has 6 heteroatoms. The zero-order valence-corrected chi connectivity index (χ0v) is 12.4. The van der Waals surface area contributed by atoms with Crippen molar-refractivity contribution < 1.29 is 22.7 Å². The molecule has 1 atom stereocenters. The van der Waals surface area contributed by atoms with Gasteiger partial charge in [-0.25, -0.2) is 0 Å².